The van der Waals surface area contributed by atoms with Crippen molar-refractivity contribution in [3.05, 3.63) is 70.0 Å². The summed E-state index contributed by atoms with van der Waals surface area (Å²) in [6, 6.07) is 7.05. The smallest absolute Gasteiger partial charge is 0.391 e. The Balaban J connectivity index is 1.54. The van der Waals surface area contributed by atoms with Gasteiger partial charge in [0, 0.05) is 18.7 Å². The Morgan fingerprint density at radius 1 is 1.18 bits per heavy atom. The number of carbonyl (C=O) groups is 2. The third-order valence-electron chi connectivity index (χ3n) is 7.23. The fourth-order valence-corrected chi connectivity index (χ4v) is 5.30. The summed E-state index contributed by atoms with van der Waals surface area (Å²) in [6.07, 6.45) is -1.34. The van der Waals surface area contributed by atoms with Crippen LogP contribution in [-0.4, -0.2) is 29.2 Å². The first-order valence-electron chi connectivity index (χ1n) is 12.6. The molecule has 12 heteroatoms. The molecule has 8 nitrogen and oxygen atoms in total. The van der Waals surface area contributed by atoms with E-state index in [1.165, 1.54) is 18.5 Å². The summed E-state index contributed by atoms with van der Waals surface area (Å²) in [6.45, 7) is 3.44. The van der Waals surface area contributed by atoms with Crippen LogP contribution in [-0.2, 0) is 11.2 Å². The fraction of sp³-hybridized carbons (Fsp3) is 0.407. The summed E-state index contributed by atoms with van der Waals surface area (Å²) in [5.41, 5.74) is 2.63. The van der Waals surface area contributed by atoms with E-state index in [-0.39, 0.29) is 31.2 Å². The van der Waals surface area contributed by atoms with Crippen LogP contribution in [0.2, 0.25) is 5.02 Å². The van der Waals surface area contributed by atoms with Crippen molar-refractivity contribution in [3.8, 4) is 11.1 Å². The Labute approximate surface area is 228 Å². The first-order chi connectivity index (χ1) is 18.5. The van der Waals surface area contributed by atoms with Crippen LogP contribution in [0, 0.1) is 24.0 Å². The molecule has 1 atom stereocenters. The van der Waals surface area contributed by atoms with Crippen molar-refractivity contribution < 1.29 is 32.0 Å². The average molecular weight is 565 g/mol. The summed E-state index contributed by atoms with van der Waals surface area (Å²) < 4.78 is 45.3. The minimum Gasteiger partial charge on any atom is -0.618 e. The van der Waals surface area contributed by atoms with E-state index >= 15 is 0 Å². The molecule has 0 radical (unpaired) electrons. The third kappa shape index (κ3) is 6.35. The predicted molar refractivity (Wildman–Crippen MR) is 138 cm³/mol. The minimum absolute atomic E-state index is 0.118. The lowest BCUT2D eigenvalue weighted by molar-refractivity contribution is -0.611. The predicted octanol–water partition coefficient (Wildman–Crippen LogP) is 5.61. The second kappa shape index (κ2) is 11.6. The van der Waals surface area contributed by atoms with Crippen molar-refractivity contribution in [2.75, 3.05) is 5.32 Å². The van der Waals surface area contributed by atoms with Crippen LogP contribution in [0.4, 0.5) is 18.9 Å². The highest BCUT2D eigenvalue weighted by Gasteiger charge is 2.44. The number of pyridine rings is 1. The molecule has 4 rings (SSSR count). The van der Waals surface area contributed by atoms with Gasteiger partial charge in [0.05, 0.1) is 22.2 Å². The lowest BCUT2D eigenvalue weighted by Crippen LogP contribution is -2.50. The molecule has 2 aromatic heterocycles. The normalized spacial score (nSPS) is 18.4. The van der Waals surface area contributed by atoms with Gasteiger partial charge < -0.3 is 20.4 Å². The number of amides is 2. The van der Waals surface area contributed by atoms with E-state index in [9.17, 15) is 28.0 Å². The minimum atomic E-state index is -4.29. The van der Waals surface area contributed by atoms with Gasteiger partial charge in [-0.3, -0.25) is 9.59 Å². The number of anilines is 1. The summed E-state index contributed by atoms with van der Waals surface area (Å²) in [4.78, 5) is 26.4. The molecule has 0 saturated heterocycles. The number of rotatable bonds is 7. The van der Waals surface area contributed by atoms with Crippen LogP contribution in [0.1, 0.15) is 54.4 Å². The molecular formula is C27H28ClF3N4O4. The van der Waals surface area contributed by atoms with Gasteiger partial charge in [0.15, 0.2) is 11.9 Å². The molecule has 1 aliphatic carbocycles. The van der Waals surface area contributed by atoms with Gasteiger partial charge in [-0.05, 0) is 55.7 Å². The van der Waals surface area contributed by atoms with Gasteiger partial charge in [0.25, 0.3) is 5.91 Å². The zero-order chi connectivity index (χ0) is 28.3. The molecule has 2 N–H and O–H groups in total. The molecule has 2 amide bonds. The number of aromatic nitrogens is 2. The second-order valence-corrected chi connectivity index (χ2v) is 10.1. The molecule has 39 heavy (non-hydrogen) atoms. The molecule has 0 aliphatic heterocycles. The second-order valence-electron chi connectivity index (χ2n) is 9.65. The Morgan fingerprint density at radius 2 is 1.85 bits per heavy atom. The number of nitrogens with one attached hydrogen (secondary N) is 2. The van der Waals surface area contributed by atoms with Crippen molar-refractivity contribution in [3.63, 3.8) is 0 Å². The summed E-state index contributed by atoms with van der Waals surface area (Å²) in [5, 5.41) is 21.6. The largest absolute Gasteiger partial charge is 0.618 e. The quantitative estimate of drug-likeness (QED) is 0.286. The Bertz CT molecular complexity index is 1340. The molecule has 0 unspecified atom stereocenters. The van der Waals surface area contributed by atoms with E-state index in [2.05, 4.69) is 15.8 Å². The molecule has 1 aliphatic rings. The van der Waals surface area contributed by atoms with Crippen molar-refractivity contribution in [2.24, 2.45) is 11.8 Å². The topological polar surface area (TPSA) is 111 Å². The Kier molecular flexibility index (Phi) is 8.48. The average Bonchev–Trinajstić information content (AvgIpc) is 3.39. The highest BCUT2D eigenvalue weighted by atomic mass is 35.5. The molecule has 208 valence electrons. The van der Waals surface area contributed by atoms with Crippen LogP contribution < -0.4 is 15.4 Å². The van der Waals surface area contributed by atoms with Crippen LogP contribution in [0.3, 0.4) is 0 Å². The van der Waals surface area contributed by atoms with Crippen molar-refractivity contribution in [1.82, 2.24) is 10.5 Å². The van der Waals surface area contributed by atoms with E-state index in [0.717, 1.165) is 0 Å². The van der Waals surface area contributed by atoms with Crippen LogP contribution in [0.25, 0.3) is 11.1 Å². The van der Waals surface area contributed by atoms with E-state index in [1.807, 2.05) is 0 Å². The zero-order valence-electron chi connectivity index (χ0n) is 21.3. The number of aryl methyl sites for hydroxylation is 1. The molecule has 1 saturated carbocycles. The number of hydrogen-bond acceptors (Lipinski definition) is 5. The fourth-order valence-electron chi connectivity index (χ4n) is 4.99. The Morgan fingerprint density at radius 3 is 2.46 bits per heavy atom. The van der Waals surface area contributed by atoms with Gasteiger partial charge in [-0.2, -0.15) is 17.9 Å². The number of hydrogen-bond donors (Lipinski definition) is 2. The highest BCUT2D eigenvalue weighted by Crippen LogP contribution is 2.40. The maximum atomic E-state index is 13.4. The zero-order valence-corrected chi connectivity index (χ0v) is 22.1. The maximum Gasteiger partial charge on any atom is 0.391 e. The van der Waals surface area contributed by atoms with Gasteiger partial charge >= 0.3 is 6.18 Å². The number of benzene rings is 1. The standard InChI is InChI=1S/C27H28ClF3N4O4/c1-3-22-20(14-39-34-22)25(36)33-24(17-4-8-18(9-5-17)27(29,30)31)26(37)32-19-10-6-16(7-11-19)23-15(2)35(38)13-12-21(23)28/h6-7,10-14,17-18,24H,3-5,8-9H2,1-2H3,(H,32,37)(H,33,36)/t17?,18?,24-/m0/s1. The van der Waals surface area contributed by atoms with Gasteiger partial charge in [0.1, 0.15) is 17.9 Å². The number of alkyl halides is 3. The lowest BCUT2D eigenvalue weighted by atomic mass is 9.78. The van der Waals surface area contributed by atoms with Crippen LogP contribution >= 0.6 is 11.6 Å². The molecule has 1 fully saturated rings. The first-order valence-corrected chi connectivity index (χ1v) is 13.0. The van der Waals surface area contributed by atoms with Crippen LogP contribution in [0.5, 0.6) is 0 Å². The van der Waals surface area contributed by atoms with E-state index in [0.29, 0.717) is 44.4 Å². The number of halogens is 4. The molecule has 3 aromatic rings. The van der Waals surface area contributed by atoms with Gasteiger partial charge in [-0.1, -0.05) is 35.8 Å². The number of carbonyl (C=O) groups excluding carboxylic acids is 2. The van der Waals surface area contributed by atoms with Crippen LogP contribution in [0.15, 0.2) is 47.3 Å². The summed E-state index contributed by atoms with van der Waals surface area (Å²) in [5.74, 6) is -3.05. The van der Waals surface area contributed by atoms with Crippen molar-refractivity contribution >= 4 is 29.1 Å². The molecule has 1 aromatic carbocycles. The van der Waals surface area contributed by atoms with Gasteiger partial charge in [0.2, 0.25) is 5.91 Å². The van der Waals surface area contributed by atoms with Gasteiger partial charge in [-0.25, -0.2) is 0 Å². The number of nitrogens with zero attached hydrogens (tertiary/aromatic N) is 2. The molecule has 0 spiro atoms. The summed E-state index contributed by atoms with van der Waals surface area (Å²) in [7, 11) is 0. The Hall–Kier alpha value is -3.60. The summed E-state index contributed by atoms with van der Waals surface area (Å²) >= 11 is 6.29. The molecule has 2 heterocycles. The SMILES string of the molecule is CCc1nocc1C(=O)N[C@H](C(=O)Nc1ccc(-c2c(Cl)cc[n+]([O-])c2C)cc1)C1CCC(C(F)(F)F)CC1. The first kappa shape index (κ1) is 28.4. The molecule has 0 bridgehead atoms. The maximum absolute atomic E-state index is 13.4. The van der Waals surface area contributed by atoms with E-state index < -0.39 is 35.9 Å². The van der Waals surface area contributed by atoms with E-state index in [4.69, 9.17) is 16.1 Å². The third-order valence-corrected chi connectivity index (χ3v) is 7.54. The van der Waals surface area contributed by atoms with Gasteiger partial charge in [-0.15, -0.1) is 0 Å². The lowest BCUT2D eigenvalue weighted by Gasteiger charge is -2.34. The van der Waals surface area contributed by atoms with E-state index in [1.54, 1.807) is 38.1 Å². The van der Waals surface area contributed by atoms with Crippen molar-refractivity contribution in [1.29, 1.82) is 0 Å². The van der Waals surface area contributed by atoms with Crippen molar-refractivity contribution in [2.45, 2.75) is 58.2 Å². The molecular weight excluding hydrogens is 537 g/mol. The highest BCUT2D eigenvalue weighted by molar-refractivity contribution is 6.33. The monoisotopic (exact) mass is 564 g/mol.